The molecule has 0 aliphatic carbocycles. The lowest BCUT2D eigenvalue weighted by Crippen LogP contribution is -2.32. The Hall–Kier alpha value is -0.660. The zero-order valence-corrected chi connectivity index (χ0v) is 9.80. The summed E-state index contributed by atoms with van der Waals surface area (Å²) in [5.74, 6) is 0.00764. The van der Waals surface area contributed by atoms with Crippen LogP contribution < -0.4 is 0 Å². The lowest BCUT2D eigenvalue weighted by molar-refractivity contribution is -0.137. The zero-order chi connectivity index (χ0) is 11.2. The fraction of sp³-hybridized carbons (Fsp3) is 0.833. The molecule has 0 rings (SSSR count). The number of rotatable bonds is 7. The van der Waals surface area contributed by atoms with Crippen molar-refractivity contribution in [1.29, 1.82) is 0 Å². The molecule has 0 aromatic carbocycles. The second kappa shape index (κ2) is 5.94. The number of carbonyl (C=O) groups is 2. The molecule has 2 heteroatoms. The van der Waals surface area contributed by atoms with Crippen LogP contribution in [-0.4, -0.2) is 12.1 Å². The van der Waals surface area contributed by atoms with Gasteiger partial charge in [0, 0.05) is 5.41 Å². The molecule has 2 nitrogen and oxygen atoms in total. The average Bonchev–Trinajstić information content (AvgIpc) is 2.16. The Morgan fingerprint density at radius 1 is 1.36 bits per heavy atom. The molecule has 0 aliphatic heterocycles. The van der Waals surface area contributed by atoms with Crippen LogP contribution in [-0.2, 0) is 9.59 Å². The summed E-state index contributed by atoms with van der Waals surface area (Å²) in [6.45, 7) is 7.93. The number of Topliss-reactive ketones (excluding diaryl/α,β-unsaturated/α-hetero) is 1. The molecule has 0 saturated heterocycles. The Bertz CT molecular complexity index is 194. The molecule has 0 heterocycles. The number of carbonyl (C=O) groups excluding carboxylic acids is 2. The van der Waals surface area contributed by atoms with Crippen molar-refractivity contribution < 1.29 is 9.59 Å². The Kier molecular flexibility index (Phi) is 5.66. The van der Waals surface area contributed by atoms with Gasteiger partial charge in [-0.1, -0.05) is 47.0 Å². The lowest BCUT2D eigenvalue weighted by Gasteiger charge is -2.28. The second-order valence-electron chi connectivity index (χ2n) is 4.60. The summed E-state index contributed by atoms with van der Waals surface area (Å²) in [7, 11) is 0. The highest BCUT2D eigenvalue weighted by Crippen LogP contribution is 2.30. The number of ketones is 1. The molecular formula is C12H22O2. The van der Waals surface area contributed by atoms with E-state index in [0.29, 0.717) is 6.29 Å². The highest BCUT2D eigenvalue weighted by molar-refractivity contribution is 6.27. The van der Waals surface area contributed by atoms with Crippen molar-refractivity contribution in [2.75, 3.05) is 0 Å². The Balaban J connectivity index is 4.13. The molecular weight excluding hydrogens is 176 g/mol. The third-order valence-corrected chi connectivity index (χ3v) is 3.21. The van der Waals surface area contributed by atoms with Gasteiger partial charge >= 0.3 is 0 Å². The van der Waals surface area contributed by atoms with Crippen molar-refractivity contribution in [3.05, 3.63) is 0 Å². The first-order chi connectivity index (χ1) is 6.46. The van der Waals surface area contributed by atoms with Gasteiger partial charge in [0.15, 0.2) is 6.29 Å². The molecule has 0 bridgehead atoms. The zero-order valence-electron chi connectivity index (χ0n) is 9.80. The number of aldehydes is 1. The van der Waals surface area contributed by atoms with Gasteiger partial charge in [0.2, 0.25) is 5.78 Å². The first kappa shape index (κ1) is 13.3. The molecule has 0 aliphatic rings. The van der Waals surface area contributed by atoms with E-state index < -0.39 is 5.41 Å². The van der Waals surface area contributed by atoms with Crippen molar-refractivity contribution in [3.63, 3.8) is 0 Å². The van der Waals surface area contributed by atoms with E-state index in [1.807, 2.05) is 13.8 Å². The van der Waals surface area contributed by atoms with Crippen molar-refractivity contribution in [2.24, 2.45) is 11.3 Å². The topological polar surface area (TPSA) is 34.1 Å². The fourth-order valence-electron chi connectivity index (χ4n) is 1.46. The van der Waals surface area contributed by atoms with E-state index in [2.05, 4.69) is 13.8 Å². The normalized spacial score (nSPS) is 13.7. The fourth-order valence-corrected chi connectivity index (χ4v) is 1.46. The van der Waals surface area contributed by atoms with E-state index in [4.69, 9.17) is 0 Å². The molecule has 0 N–H and O–H groups in total. The minimum absolute atomic E-state index is 0.276. The highest BCUT2D eigenvalue weighted by atomic mass is 16.2. The van der Waals surface area contributed by atoms with E-state index in [-0.39, 0.29) is 11.7 Å². The molecule has 0 fully saturated rings. The van der Waals surface area contributed by atoms with Gasteiger partial charge in [-0.25, -0.2) is 0 Å². The van der Waals surface area contributed by atoms with Crippen LogP contribution in [0.2, 0.25) is 0 Å². The van der Waals surface area contributed by atoms with Gasteiger partial charge in [0.25, 0.3) is 0 Å². The first-order valence-corrected chi connectivity index (χ1v) is 5.46. The van der Waals surface area contributed by atoms with Crippen LogP contribution >= 0.6 is 0 Å². The van der Waals surface area contributed by atoms with Gasteiger partial charge in [-0.2, -0.15) is 0 Å². The maximum absolute atomic E-state index is 11.3. The minimum atomic E-state index is -0.491. The standard InChI is InChI=1S/C12H22O2/c1-5-6-7-8-10(2)12(3,4)11(14)9-13/h9-10H,5-8H2,1-4H3. The maximum Gasteiger partial charge on any atom is 0.201 e. The molecule has 0 spiro atoms. The Labute approximate surface area is 87.1 Å². The molecule has 1 atom stereocenters. The van der Waals surface area contributed by atoms with Crippen LogP contribution in [0, 0.1) is 11.3 Å². The summed E-state index contributed by atoms with van der Waals surface area (Å²) in [6.07, 6.45) is 5.02. The summed E-state index contributed by atoms with van der Waals surface area (Å²) < 4.78 is 0. The minimum Gasteiger partial charge on any atom is -0.295 e. The molecule has 1 unspecified atom stereocenters. The van der Waals surface area contributed by atoms with Crippen molar-refractivity contribution in [2.45, 2.75) is 53.4 Å². The van der Waals surface area contributed by atoms with Crippen LogP contribution in [0.5, 0.6) is 0 Å². The Morgan fingerprint density at radius 2 is 1.93 bits per heavy atom. The highest BCUT2D eigenvalue weighted by Gasteiger charge is 2.32. The second-order valence-corrected chi connectivity index (χ2v) is 4.60. The van der Waals surface area contributed by atoms with Gasteiger partial charge in [-0.05, 0) is 12.3 Å². The van der Waals surface area contributed by atoms with Crippen molar-refractivity contribution in [3.8, 4) is 0 Å². The van der Waals surface area contributed by atoms with Crippen LogP contribution in [0.25, 0.3) is 0 Å². The predicted molar refractivity (Wildman–Crippen MR) is 58.2 cm³/mol. The molecule has 0 radical (unpaired) electrons. The molecule has 0 aromatic rings. The van der Waals surface area contributed by atoms with E-state index in [1.54, 1.807) is 0 Å². The van der Waals surface area contributed by atoms with Gasteiger partial charge < -0.3 is 0 Å². The summed E-state index contributed by atoms with van der Waals surface area (Å²) in [6, 6.07) is 0. The molecule has 0 amide bonds. The largest absolute Gasteiger partial charge is 0.295 e. The van der Waals surface area contributed by atoms with Crippen molar-refractivity contribution >= 4 is 12.1 Å². The van der Waals surface area contributed by atoms with Crippen LogP contribution in [0.3, 0.4) is 0 Å². The quantitative estimate of drug-likeness (QED) is 0.358. The summed E-state index contributed by atoms with van der Waals surface area (Å²) >= 11 is 0. The summed E-state index contributed by atoms with van der Waals surface area (Å²) in [5.41, 5.74) is -0.491. The van der Waals surface area contributed by atoms with Gasteiger partial charge in [-0.15, -0.1) is 0 Å². The third kappa shape index (κ3) is 3.60. The average molecular weight is 198 g/mol. The van der Waals surface area contributed by atoms with E-state index in [9.17, 15) is 9.59 Å². The molecule has 82 valence electrons. The summed E-state index contributed by atoms with van der Waals surface area (Å²) in [4.78, 5) is 21.8. The van der Waals surface area contributed by atoms with E-state index in [0.717, 1.165) is 12.8 Å². The monoisotopic (exact) mass is 198 g/mol. The predicted octanol–water partition coefficient (Wildman–Crippen LogP) is 3.00. The number of hydrogen-bond acceptors (Lipinski definition) is 2. The van der Waals surface area contributed by atoms with E-state index in [1.165, 1.54) is 12.8 Å². The molecule has 14 heavy (non-hydrogen) atoms. The van der Waals surface area contributed by atoms with Crippen LogP contribution in [0.4, 0.5) is 0 Å². The van der Waals surface area contributed by atoms with Crippen LogP contribution in [0.1, 0.15) is 53.4 Å². The van der Waals surface area contributed by atoms with Gasteiger partial charge in [-0.3, -0.25) is 9.59 Å². The smallest absolute Gasteiger partial charge is 0.201 e. The van der Waals surface area contributed by atoms with Crippen LogP contribution in [0.15, 0.2) is 0 Å². The van der Waals surface area contributed by atoms with Gasteiger partial charge in [0.1, 0.15) is 0 Å². The van der Waals surface area contributed by atoms with Crippen molar-refractivity contribution in [1.82, 2.24) is 0 Å². The third-order valence-electron chi connectivity index (χ3n) is 3.21. The van der Waals surface area contributed by atoms with E-state index >= 15 is 0 Å². The first-order valence-electron chi connectivity index (χ1n) is 5.46. The molecule has 0 aromatic heterocycles. The summed E-state index contributed by atoms with van der Waals surface area (Å²) in [5, 5.41) is 0. The van der Waals surface area contributed by atoms with Gasteiger partial charge in [0.05, 0.1) is 0 Å². The number of unbranched alkanes of at least 4 members (excludes halogenated alkanes) is 2. The Morgan fingerprint density at radius 3 is 2.36 bits per heavy atom. The lowest BCUT2D eigenvalue weighted by atomic mass is 9.74. The number of hydrogen-bond donors (Lipinski definition) is 0. The SMILES string of the molecule is CCCCCC(C)C(C)(C)C(=O)C=O. The maximum atomic E-state index is 11.3. The molecule has 0 saturated carbocycles.